The maximum atomic E-state index is 5.75. The fourth-order valence-corrected chi connectivity index (χ4v) is 0. The van der Waals surface area contributed by atoms with Crippen LogP contribution in [0.5, 0.6) is 0 Å². The molecule has 0 bridgehead atoms. The van der Waals surface area contributed by atoms with E-state index in [4.69, 9.17) is 5.73 Å². The van der Waals surface area contributed by atoms with Gasteiger partial charge in [-0.2, -0.15) is 7.05 Å². The van der Waals surface area contributed by atoms with E-state index in [1.54, 1.807) is 0 Å². The third-order valence-corrected chi connectivity index (χ3v) is 0. The summed E-state index contributed by atoms with van der Waals surface area (Å²) in [5.74, 6) is 0. The van der Waals surface area contributed by atoms with Gasteiger partial charge in [0.05, 0.1) is 0 Å². The van der Waals surface area contributed by atoms with E-state index in [9.17, 15) is 0 Å². The largest absolute Gasteiger partial charge is 2.00 e. The van der Waals surface area contributed by atoms with E-state index < -0.39 is 0 Å². The van der Waals surface area contributed by atoms with E-state index in [2.05, 4.69) is 0 Å². The molecule has 0 aromatic rings. The maximum absolute atomic E-state index is 5.75. The molecule has 6 heavy (non-hydrogen) atoms. The first kappa shape index (κ1) is 39.4. The molecule has 0 unspecified atom stereocenters. The Morgan fingerprint density at radius 1 is 0.833 bits per heavy atom. The average Bonchev–Trinajstić information content (AvgIpc) is 1.00. The molecule has 0 aromatic heterocycles. The van der Waals surface area contributed by atoms with E-state index in [1.807, 2.05) is 0 Å². The normalized spacial score (nSPS) is 1.00. The Hall–Kier alpha value is 2.45. The summed E-state index contributed by atoms with van der Waals surface area (Å²) in [4.78, 5) is 0. The third-order valence-electron chi connectivity index (χ3n) is 0. The molecule has 0 radical (unpaired) electrons. The van der Waals surface area contributed by atoms with E-state index >= 15 is 0 Å². The van der Waals surface area contributed by atoms with Gasteiger partial charge in [-0.3, -0.25) is 0 Å². The summed E-state index contributed by atoms with van der Waals surface area (Å²) in [6, 6.07) is 0. The number of nitrogens with one attached hydrogen (secondary N) is 1. The molecule has 1 N–H and O–H groups in total. The maximum Gasteiger partial charge on any atom is 2.00 e. The summed E-state index contributed by atoms with van der Waals surface area (Å²) in [6.45, 7) is 0. The summed E-state index contributed by atoms with van der Waals surface area (Å²) in [6.07, 6.45) is 0. The Morgan fingerprint density at radius 3 is 0.833 bits per heavy atom. The zero-order valence-electron chi connectivity index (χ0n) is 3.67. The minimum atomic E-state index is 0. The smallest absolute Gasteiger partial charge is 1.00 e. The molecule has 0 fully saturated rings. The Morgan fingerprint density at radius 2 is 0.833 bits per heavy atom. The summed E-state index contributed by atoms with van der Waals surface area (Å²) in [5, 5.41) is 0. The van der Waals surface area contributed by atoms with Crippen molar-refractivity contribution in [2.45, 2.75) is 0 Å². The van der Waals surface area contributed by atoms with E-state index in [1.165, 1.54) is 7.05 Å². The van der Waals surface area contributed by atoms with Gasteiger partial charge >= 0.3 is 46.1 Å². The number of hydrogen-bond acceptors (Lipinski definition) is 0. The first-order chi connectivity index (χ1) is 1.00. The van der Waals surface area contributed by atoms with E-state index in [-0.39, 0.29) is 80.1 Å². The number of hydrogen-bond donors (Lipinski definition) is 0. The summed E-state index contributed by atoms with van der Waals surface area (Å²) in [7, 11) is 1.25. The minimum Gasteiger partial charge on any atom is -1.00 e. The van der Waals surface area contributed by atoms with Crippen LogP contribution < -0.4 is 34.0 Å². The van der Waals surface area contributed by atoms with Gasteiger partial charge in [0, 0.05) is 0 Å². The SMILES string of the molecule is C[NH-].[Br-].[Br-].[Mg+2].[Mg+2]. The molecule has 0 amide bonds. The van der Waals surface area contributed by atoms with Crippen LogP contribution in [-0.4, -0.2) is 53.2 Å². The van der Waals surface area contributed by atoms with Crippen molar-refractivity contribution in [1.82, 2.24) is 0 Å². The second-order valence-corrected chi connectivity index (χ2v) is 0. The fourth-order valence-electron chi connectivity index (χ4n) is 0. The van der Waals surface area contributed by atoms with Gasteiger partial charge in [0.2, 0.25) is 0 Å². The van der Waals surface area contributed by atoms with Crippen molar-refractivity contribution < 1.29 is 34.0 Å². The Bertz CT molecular complexity index is 11.5. The van der Waals surface area contributed by atoms with Gasteiger partial charge in [-0.25, -0.2) is 0 Å². The van der Waals surface area contributed by atoms with Crippen molar-refractivity contribution in [3.05, 3.63) is 5.73 Å². The zero-order valence-corrected chi connectivity index (χ0v) is 9.67. The van der Waals surface area contributed by atoms with Gasteiger partial charge in [-0.05, 0) is 0 Å². The van der Waals surface area contributed by atoms with E-state index in [0.717, 1.165) is 0 Å². The molecular weight excluding hydrogens is 234 g/mol. The van der Waals surface area contributed by atoms with Crippen LogP contribution in [0.4, 0.5) is 0 Å². The summed E-state index contributed by atoms with van der Waals surface area (Å²) < 4.78 is 0. The zero-order chi connectivity index (χ0) is 2.00. The van der Waals surface area contributed by atoms with Crippen LogP contribution in [0.25, 0.3) is 5.73 Å². The van der Waals surface area contributed by atoms with E-state index in [0.29, 0.717) is 0 Å². The molecular formula is CH4Br2Mg2N+. The Labute approximate surface area is 91.6 Å². The molecule has 0 aliphatic heterocycles. The molecule has 0 saturated carbocycles. The van der Waals surface area contributed by atoms with Crippen LogP contribution in [0.1, 0.15) is 0 Å². The van der Waals surface area contributed by atoms with Crippen molar-refractivity contribution in [2.75, 3.05) is 7.05 Å². The molecule has 0 aromatic carbocycles. The molecule has 0 atom stereocenters. The van der Waals surface area contributed by atoms with Crippen LogP contribution in [0.3, 0.4) is 0 Å². The van der Waals surface area contributed by atoms with Gasteiger partial charge in [0.15, 0.2) is 0 Å². The molecule has 30 valence electrons. The van der Waals surface area contributed by atoms with Crippen LogP contribution in [0, 0.1) is 0 Å². The standard InChI is InChI=1S/CH4N.2BrH.2Mg/c1-2;;;;/h2H,1H3;2*1H;;/q-1;;;2*+2/p-2. The van der Waals surface area contributed by atoms with Crippen molar-refractivity contribution in [3.63, 3.8) is 0 Å². The predicted molar refractivity (Wildman–Crippen MR) is 21.8 cm³/mol. The Balaban J connectivity index is -0.000000000833. The topological polar surface area (TPSA) is 23.8 Å². The van der Waals surface area contributed by atoms with Crippen molar-refractivity contribution in [1.29, 1.82) is 0 Å². The van der Waals surface area contributed by atoms with Crippen molar-refractivity contribution in [3.8, 4) is 0 Å². The molecule has 0 aliphatic rings. The van der Waals surface area contributed by atoms with Crippen LogP contribution in [-0.2, 0) is 0 Å². The van der Waals surface area contributed by atoms with Gasteiger partial charge in [0.1, 0.15) is 0 Å². The molecule has 1 nitrogen and oxygen atoms in total. The van der Waals surface area contributed by atoms with Gasteiger partial charge in [-0.1, -0.05) is 0 Å². The number of rotatable bonds is 0. The molecule has 0 spiro atoms. The second kappa shape index (κ2) is 51.6. The quantitative estimate of drug-likeness (QED) is 0.375. The van der Waals surface area contributed by atoms with Crippen LogP contribution in [0.15, 0.2) is 0 Å². The molecule has 5 heteroatoms. The predicted octanol–water partition coefficient (Wildman–Crippen LogP) is -6.09. The monoisotopic (exact) mass is 236 g/mol. The van der Waals surface area contributed by atoms with Crippen molar-refractivity contribution >= 4 is 46.1 Å². The summed E-state index contributed by atoms with van der Waals surface area (Å²) >= 11 is 0. The minimum absolute atomic E-state index is 0. The molecule has 0 rings (SSSR count). The first-order valence-electron chi connectivity index (χ1n) is 0.500. The fraction of sp³-hybridized carbons (Fsp3) is 1.00. The average molecular weight is 238 g/mol. The molecule has 0 saturated heterocycles. The number of halogens is 2. The van der Waals surface area contributed by atoms with Gasteiger partial charge in [0.25, 0.3) is 0 Å². The molecule has 0 aliphatic carbocycles. The Kier molecular flexibility index (Phi) is 339. The van der Waals surface area contributed by atoms with Crippen LogP contribution in [0.2, 0.25) is 0 Å². The molecule has 0 heterocycles. The first-order valence-corrected chi connectivity index (χ1v) is 0.500. The second-order valence-electron chi connectivity index (χ2n) is 0. The van der Waals surface area contributed by atoms with Crippen LogP contribution >= 0.6 is 0 Å². The van der Waals surface area contributed by atoms with Crippen molar-refractivity contribution in [2.24, 2.45) is 0 Å². The van der Waals surface area contributed by atoms with Gasteiger partial charge < -0.3 is 39.7 Å². The van der Waals surface area contributed by atoms with Gasteiger partial charge in [-0.15, -0.1) is 0 Å². The third kappa shape index (κ3) is 31.9. The summed E-state index contributed by atoms with van der Waals surface area (Å²) in [5.41, 5.74) is 5.75.